The summed E-state index contributed by atoms with van der Waals surface area (Å²) >= 11 is 0. The summed E-state index contributed by atoms with van der Waals surface area (Å²) in [6, 6.07) is 6.64. The molecule has 19 heavy (non-hydrogen) atoms. The zero-order valence-corrected chi connectivity index (χ0v) is 11.4. The first kappa shape index (κ1) is 14.9. The van der Waals surface area contributed by atoms with Gasteiger partial charge >= 0.3 is 5.97 Å². The van der Waals surface area contributed by atoms with E-state index in [-0.39, 0.29) is 0 Å². The molecule has 0 N–H and O–H groups in total. The maximum absolute atomic E-state index is 11.2. The molecule has 0 bridgehead atoms. The highest BCUT2D eigenvalue weighted by molar-refractivity contribution is 5.66. The highest BCUT2D eigenvalue weighted by atomic mass is 16.6. The predicted molar refractivity (Wildman–Crippen MR) is 68.6 cm³/mol. The van der Waals surface area contributed by atoms with Crippen LogP contribution in [0.3, 0.4) is 0 Å². The fourth-order valence-electron chi connectivity index (χ4n) is 1.66. The Bertz CT molecular complexity index is 466. The number of methoxy groups -OCH3 is 1. The first-order valence-electron chi connectivity index (χ1n) is 5.74. The van der Waals surface area contributed by atoms with Crippen molar-refractivity contribution in [3.05, 3.63) is 39.9 Å². The third kappa shape index (κ3) is 3.43. The number of carbonyl (C=O) groups is 1. The fourth-order valence-corrected chi connectivity index (χ4v) is 1.66. The largest absolute Gasteiger partial charge is 0.497 e. The normalized spacial score (nSPS) is 12.6. The number of hydrogen-bond acceptors (Lipinski definition) is 5. The van der Waals surface area contributed by atoms with Gasteiger partial charge in [-0.3, -0.25) is 14.9 Å². The highest BCUT2D eigenvalue weighted by Gasteiger charge is 2.44. The van der Waals surface area contributed by atoms with Crippen LogP contribution < -0.4 is 4.74 Å². The van der Waals surface area contributed by atoms with Crippen LogP contribution in [-0.4, -0.2) is 23.5 Å². The number of ether oxygens (including phenoxy) is 2. The van der Waals surface area contributed by atoms with Crippen LogP contribution in [0.4, 0.5) is 0 Å². The Labute approximate surface area is 111 Å². The molecule has 0 unspecified atom stereocenters. The molecule has 0 aliphatic heterocycles. The summed E-state index contributed by atoms with van der Waals surface area (Å²) < 4.78 is 10.1. The monoisotopic (exact) mass is 267 g/mol. The topological polar surface area (TPSA) is 78.7 Å². The van der Waals surface area contributed by atoms with Crippen LogP contribution in [0, 0.1) is 10.1 Å². The van der Waals surface area contributed by atoms with E-state index in [2.05, 4.69) is 0 Å². The summed E-state index contributed by atoms with van der Waals surface area (Å²) in [4.78, 5) is 21.8. The number of carbonyl (C=O) groups excluding carboxylic acids is 1. The Morgan fingerprint density at radius 3 is 2.21 bits per heavy atom. The predicted octanol–water partition coefficient (Wildman–Crippen LogP) is 2.35. The summed E-state index contributed by atoms with van der Waals surface area (Å²) in [5.74, 6) is 0.0694. The second-order valence-electron chi connectivity index (χ2n) is 4.67. The number of rotatable bonds is 5. The molecule has 1 aromatic rings. The van der Waals surface area contributed by atoms with E-state index in [9.17, 15) is 14.9 Å². The standard InChI is InChI=1S/C13H17NO5/c1-9(15)19-12(13(2,3)14(16)17)10-5-7-11(18-4)8-6-10/h5-8,12H,1-4H3/t12-/m1/s1. The summed E-state index contributed by atoms with van der Waals surface area (Å²) in [6.07, 6.45) is -0.953. The zero-order valence-electron chi connectivity index (χ0n) is 11.4. The van der Waals surface area contributed by atoms with Gasteiger partial charge in [-0.2, -0.15) is 0 Å². The molecule has 1 rings (SSSR count). The van der Waals surface area contributed by atoms with Crippen LogP contribution in [0.1, 0.15) is 32.4 Å². The summed E-state index contributed by atoms with van der Waals surface area (Å²) in [5.41, 5.74) is -0.863. The number of esters is 1. The van der Waals surface area contributed by atoms with Gasteiger partial charge in [0.15, 0.2) is 6.10 Å². The molecule has 1 aromatic carbocycles. The minimum Gasteiger partial charge on any atom is -0.497 e. The first-order chi connectivity index (χ1) is 8.78. The maximum atomic E-state index is 11.2. The Morgan fingerprint density at radius 1 is 1.32 bits per heavy atom. The van der Waals surface area contributed by atoms with E-state index in [1.54, 1.807) is 24.3 Å². The van der Waals surface area contributed by atoms with Crippen molar-refractivity contribution >= 4 is 5.97 Å². The van der Waals surface area contributed by atoms with Crippen molar-refractivity contribution in [3.8, 4) is 5.75 Å². The average molecular weight is 267 g/mol. The lowest BCUT2D eigenvalue weighted by Gasteiger charge is -2.26. The van der Waals surface area contributed by atoms with Gasteiger partial charge in [0.05, 0.1) is 7.11 Å². The molecule has 0 aliphatic rings. The van der Waals surface area contributed by atoms with Gasteiger partial charge in [0.1, 0.15) is 5.75 Å². The molecule has 6 nitrogen and oxygen atoms in total. The third-order valence-electron chi connectivity index (χ3n) is 2.81. The van der Waals surface area contributed by atoms with Crippen LogP contribution >= 0.6 is 0 Å². The minimum absolute atomic E-state index is 0.454. The van der Waals surface area contributed by atoms with E-state index in [4.69, 9.17) is 9.47 Å². The van der Waals surface area contributed by atoms with E-state index in [1.165, 1.54) is 27.9 Å². The number of nitro groups is 1. The van der Waals surface area contributed by atoms with Crippen LogP contribution in [-0.2, 0) is 9.53 Å². The van der Waals surface area contributed by atoms with Gasteiger partial charge in [0, 0.05) is 25.7 Å². The third-order valence-corrected chi connectivity index (χ3v) is 2.81. The molecule has 0 fully saturated rings. The lowest BCUT2D eigenvalue weighted by Crippen LogP contribution is -2.40. The van der Waals surface area contributed by atoms with Gasteiger partial charge in [0.25, 0.3) is 5.54 Å². The molecule has 0 heterocycles. The smallest absolute Gasteiger partial charge is 0.303 e. The van der Waals surface area contributed by atoms with Crippen molar-refractivity contribution in [1.29, 1.82) is 0 Å². The van der Waals surface area contributed by atoms with Crippen molar-refractivity contribution in [2.75, 3.05) is 7.11 Å². The molecule has 0 amide bonds. The molecule has 1 atom stereocenters. The van der Waals surface area contributed by atoms with E-state index in [0.717, 1.165) is 0 Å². The van der Waals surface area contributed by atoms with Gasteiger partial charge in [0.2, 0.25) is 0 Å². The molecule has 0 aromatic heterocycles. The average Bonchev–Trinajstić information content (AvgIpc) is 2.35. The molecule has 0 radical (unpaired) electrons. The second-order valence-corrected chi connectivity index (χ2v) is 4.67. The van der Waals surface area contributed by atoms with Gasteiger partial charge in [-0.25, -0.2) is 0 Å². The quantitative estimate of drug-likeness (QED) is 0.465. The van der Waals surface area contributed by atoms with Crippen molar-refractivity contribution in [3.63, 3.8) is 0 Å². The number of hydrogen-bond donors (Lipinski definition) is 0. The van der Waals surface area contributed by atoms with Gasteiger partial charge in [-0.1, -0.05) is 12.1 Å². The Morgan fingerprint density at radius 2 is 1.84 bits per heavy atom. The SMILES string of the molecule is COc1ccc([C@@H](OC(C)=O)C(C)(C)[N+](=O)[O-])cc1. The molecule has 0 saturated carbocycles. The van der Waals surface area contributed by atoms with Gasteiger partial charge in [-0.05, 0) is 17.7 Å². The number of benzene rings is 1. The van der Waals surface area contributed by atoms with E-state index < -0.39 is 22.5 Å². The molecular weight excluding hydrogens is 250 g/mol. The van der Waals surface area contributed by atoms with E-state index in [1.807, 2.05) is 0 Å². The van der Waals surface area contributed by atoms with Crippen molar-refractivity contribution in [2.24, 2.45) is 0 Å². The summed E-state index contributed by atoms with van der Waals surface area (Å²) in [6.45, 7) is 4.07. The molecule has 0 spiro atoms. The van der Waals surface area contributed by atoms with Crippen molar-refractivity contribution < 1.29 is 19.2 Å². The van der Waals surface area contributed by atoms with Crippen LogP contribution in [0.5, 0.6) is 5.75 Å². The Kier molecular flexibility index (Phi) is 4.47. The summed E-state index contributed by atoms with van der Waals surface area (Å²) in [5, 5.41) is 11.1. The highest BCUT2D eigenvalue weighted by Crippen LogP contribution is 2.32. The molecule has 0 saturated heterocycles. The Balaban J connectivity index is 3.15. The molecular formula is C13H17NO5. The van der Waals surface area contributed by atoms with Crippen molar-refractivity contribution in [2.45, 2.75) is 32.4 Å². The first-order valence-corrected chi connectivity index (χ1v) is 5.74. The Hall–Kier alpha value is -2.11. The molecule has 6 heteroatoms. The van der Waals surface area contributed by atoms with Crippen LogP contribution in [0.15, 0.2) is 24.3 Å². The number of nitrogens with zero attached hydrogens (tertiary/aromatic N) is 1. The fraction of sp³-hybridized carbons (Fsp3) is 0.462. The zero-order chi connectivity index (χ0) is 14.6. The van der Waals surface area contributed by atoms with Crippen molar-refractivity contribution in [1.82, 2.24) is 0 Å². The van der Waals surface area contributed by atoms with E-state index >= 15 is 0 Å². The lowest BCUT2D eigenvalue weighted by atomic mass is 9.91. The minimum atomic E-state index is -1.42. The molecule has 0 aliphatic carbocycles. The van der Waals surface area contributed by atoms with Crippen LogP contribution in [0.25, 0.3) is 0 Å². The lowest BCUT2D eigenvalue weighted by molar-refractivity contribution is -0.574. The molecule has 104 valence electrons. The van der Waals surface area contributed by atoms with E-state index in [0.29, 0.717) is 11.3 Å². The summed E-state index contributed by atoms with van der Waals surface area (Å²) in [7, 11) is 1.53. The maximum Gasteiger partial charge on any atom is 0.303 e. The van der Waals surface area contributed by atoms with Gasteiger partial charge in [-0.15, -0.1) is 0 Å². The van der Waals surface area contributed by atoms with Gasteiger partial charge < -0.3 is 9.47 Å². The van der Waals surface area contributed by atoms with Crippen LogP contribution in [0.2, 0.25) is 0 Å². The second kappa shape index (κ2) is 5.69.